The molecule has 21 heavy (non-hydrogen) atoms. The number of carbonyl (C=O) groups is 2. The Morgan fingerprint density at radius 3 is 2.52 bits per heavy atom. The van der Waals surface area contributed by atoms with Gasteiger partial charge < -0.3 is 19.7 Å². The van der Waals surface area contributed by atoms with Crippen molar-refractivity contribution in [3.8, 4) is 0 Å². The standard InChI is InChI=1S/C15H20O6/c1-11-7-20-10(18)13(11,3)9(17)14-6-8(16)21-15(11,14)5-4-12(14,2)19/h9,17,19H,4-7H2,1-3H3. The molecule has 2 N–H and O–H groups in total. The third-order valence-electron chi connectivity index (χ3n) is 7.32. The second-order valence-corrected chi connectivity index (χ2v) is 7.74. The van der Waals surface area contributed by atoms with Gasteiger partial charge in [0, 0.05) is 0 Å². The van der Waals surface area contributed by atoms with Crippen LogP contribution in [0, 0.1) is 16.2 Å². The van der Waals surface area contributed by atoms with Crippen LogP contribution in [0.4, 0.5) is 0 Å². The fourth-order valence-electron chi connectivity index (χ4n) is 5.90. The Balaban J connectivity index is 2.06. The van der Waals surface area contributed by atoms with Gasteiger partial charge in [-0.1, -0.05) is 6.92 Å². The molecule has 4 aliphatic rings. The summed E-state index contributed by atoms with van der Waals surface area (Å²) in [5, 5.41) is 22.0. The number of ether oxygens (including phenoxy) is 2. The fourth-order valence-corrected chi connectivity index (χ4v) is 5.90. The Bertz CT molecular complexity index is 585. The number of aliphatic hydroxyl groups excluding tert-OH is 1. The molecule has 4 fully saturated rings. The monoisotopic (exact) mass is 296 g/mol. The molecule has 0 bridgehead atoms. The van der Waals surface area contributed by atoms with E-state index in [1.165, 1.54) is 0 Å². The fraction of sp³-hybridized carbons (Fsp3) is 0.867. The van der Waals surface area contributed by atoms with Crippen LogP contribution >= 0.6 is 0 Å². The van der Waals surface area contributed by atoms with Crippen molar-refractivity contribution in [3.05, 3.63) is 0 Å². The van der Waals surface area contributed by atoms with Crippen LogP contribution in [0.1, 0.15) is 40.0 Å². The third-order valence-corrected chi connectivity index (χ3v) is 7.32. The van der Waals surface area contributed by atoms with Crippen molar-refractivity contribution in [1.82, 2.24) is 0 Å². The number of aliphatic hydroxyl groups is 2. The molecule has 6 heteroatoms. The average molecular weight is 296 g/mol. The first-order valence-electron chi connectivity index (χ1n) is 7.39. The summed E-state index contributed by atoms with van der Waals surface area (Å²) in [6.45, 7) is 5.25. The molecule has 2 aliphatic heterocycles. The number of rotatable bonds is 0. The van der Waals surface area contributed by atoms with Gasteiger partial charge in [-0.3, -0.25) is 9.59 Å². The summed E-state index contributed by atoms with van der Waals surface area (Å²) in [5.41, 5.74) is -5.43. The van der Waals surface area contributed by atoms with Crippen molar-refractivity contribution in [1.29, 1.82) is 0 Å². The molecule has 6 atom stereocenters. The predicted octanol–water partition coefficient (Wildman–Crippen LogP) is 0.147. The predicted molar refractivity (Wildman–Crippen MR) is 68.9 cm³/mol. The Hall–Kier alpha value is -1.14. The van der Waals surface area contributed by atoms with E-state index in [1.807, 2.05) is 6.92 Å². The number of esters is 2. The molecule has 4 rings (SSSR count). The normalized spacial score (nSPS) is 61.3. The highest BCUT2D eigenvalue weighted by Gasteiger charge is 2.92. The zero-order valence-electron chi connectivity index (χ0n) is 12.4. The largest absolute Gasteiger partial charge is 0.464 e. The van der Waals surface area contributed by atoms with E-state index >= 15 is 0 Å². The molecule has 6 nitrogen and oxygen atoms in total. The molecule has 2 saturated carbocycles. The van der Waals surface area contributed by atoms with E-state index in [0.717, 1.165) is 0 Å². The summed E-state index contributed by atoms with van der Waals surface area (Å²) in [4.78, 5) is 24.4. The van der Waals surface area contributed by atoms with Crippen LogP contribution in [0.2, 0.25) is 0 Å². The van der Waals surface area contributed by atoms with Gasteiger partial charge >= 0.3 is 11.9 Å². The number of fused-ring (bicyclic) bond motifs is 1. The maximum absolute atomic E-state index is 12.3. The number of hydrogen-bond acceptors (Lipinski definition) is 6. The van der Waals surface area contributed by atoms with Crippen LogP contribution in [0.3, 0.4) is 0 Å². The zero-order valence-corrected chi connectivity index (χ0v) is 12.4. The van der Waals surface area contributed by atoms with E-state index in [0.29, 0.717) is 12.8 Å². The second-order valence-electron chi connectivity index (χ2n) is 7.74. The van der Waals surface area contributed by atoms with E-state index in [1.54, 1.807) is 13.8 Å². The molecule has 6 unspecified atom stereocenters. The van der Waals surface area contributed by atoms with Gasteiger partial charge in [0.25, 0.3) is 0 Å². The van der Waals surface area contributed by atoms with Gasteiger partial charge in [0.1, 0.15) is 17.6 Å². The summed E-state index contributed by atoms with van der Waals surface area (Å²) in [6.07, 6.45) is -0.364. The summed E-state index contributed by atoms with van der Waals surface area (Å²) >= 11 is 0. The summed E-state index contributed by atoms with van der Waals surface area (Å²) in [6, 6.07) is 0. The maximum Gasteiger partial charge on any atom is 0.315 e. The molecular formula is C15H20O6. The summed E-state index contributed by atoms with van der Waals surface area (Å²) in [5.74, 6) is -0.893. The SMILES string of the molecule is CC1(O)CCC23OC(=O)CC12C(O)C1(C)C(=O)OCC13C. The molecule has 0 amide bonds. The minimum atomic E-state index is -1.25. The van der Waals surface area contributed by atoms with E-state index in [-0.39, 0.29) is 13.0 Å². The lowest BCUT2D eigenvalue weighted by Crippen LogP contribution is -2.57. The number of cyclic esters (lactones) is 1. The van der Waals surface area contributed by atoms with Crippen LogP contribution in [-0.2, 0) is 19.1 Å². The second kappa shape index (κ2) is 3.13. The topological polar surface area (TPSA) is 93.1 Å². The van der Waals surface area contributed by atoms with Crippen LogP contribution < -0.4 is 0 Å². The van der Waals surface area contributed by atoms with E-state index in [2.05, 4.69) is 0 Å². The summed E-state index contributed by atoms with van der Waals surface area (Å²) in [7, 11) is 0. The highest BCUT2D eigenvalue weighted by molar-refractivity contribution is 5.85. The van der Waals surface area contributed by atoms with Crippen LogP contribution in [0.25, 0.3) is 0 Å². The molecular weight excluding hydrogens is 276 g/mol. The number of carbonyl (C=O) groups excluding carboxylic acids is 2. The molecule has 0 aromatic carbocycles. The lowest BCUT2D eigenvalue weighted by molar-refractivity contribution is -0.175. The van der Waals surface area contributed by atoms with Gasteiger partial charge in [-0.05, 0) is 26.7 Å². The van der Waals surface area contributed by atoms with Crippen LogP contribution in [0.5, 0.6) is 0 Å². The first-order valence-corrected chi connectivity index (χ1v) is 7.39. The molecule has 0 radical (unpaired) electrons. The molecule has 0 aromatic rings. The average Bonchev–Trinajstić information content (AvgIpc) is 2.96. The molecule has 2 aliphatic carbocycles. The Labute approximate surface area is 122 Å². The third kappa shape index (κ3) is 0.932. The van der Waals surface area contributed by atoms with Crippen molar-refractivity contribution < 1.29 is 29.3 Å². The molecule has 116 valence electrons. The summed E-state index contributed by atoms with van der Waals surface area (Å²) < 4.78 is 11.0. The zero-order chi connectivity index (χ0) is 15.5. The maximum atomic E-state index is 12.3. The van der Waals surface area contributed by atoms with Gasteiger partial charge in [0.15, 0.2) is 0 Å². The molecule has 2 heterocycles. The highest BCUT2D eigenvalue weighted by Crippen LogP contribution is 2.80. The van der Waals surface area contributed by atoms with E-state index in [4.69, 9.17) is 9.47 Å². The minimum Gasteiger partial charge on any atom is -0.464 e. The number of hydrogen-bond donors (Lipinski definition) is 2. The van der Waals surface area contributed by atoms with Crippen molar-refractivity contribution >= 4 is 11.9 Å². The first kappa shape index (κ1) is 13.5. The van der Waals surface area contributed by atoms with Gasteiger partial charge in [0.05, 0.1) is 29.0 Å². The van der Waals surface area contributed by atoms with Gasteiger partial charge in [-0.25, -0.2) is 0 Å². The smallest absolute Gasteiger partial charge is 0.315 e. The Morgan fingerprint density at radius 1 is 1.19 bits per heavy atom. The molecule has 0 spiro atoms. The van der Waals surface area contributed by atoms with E-state index < -0.39 is 45.5 Å². The van der Waals surface area contributed by atoms with Crippen molar-refractivity contribution in [2.24, 2.45) is 16.2 Å². The quantitative estimate of drug-likeness (QED) is 0.618. The van der Waals surface area contributed by atoms with Crippen LogP contribution in [-0.4, -0.2) is 46.1 Å². The Kier molecular flexibility index (Phi) is 2.01. The van der Waals surface area contributed by atoms with Gasteiger partial charge in [0.2, 0.25) is 0 Å². The van der Waals surface area contributed by atoms with Crippen LogP contribution in [0.15, 0.2) is 0 Å². The molecule has 0 aromatic heterocycles. The lowest BCUT2D eigenvalue weighted by Gasteiger charge is -2.44. The minimum absolute atomic E-state index is 0.0559. The van der Waals surface area contributed by atoms with Crippen molar-refractivity contribution in [2.45, 2.75) is 57.3 Å². The van der Waals surface area contributed by atoms with Crippen molar-refractivity contribution in [2.75, 3.05) is 6.61 Å². The van der Waals surface area contributed by atoms with E-state index in [9.17, 15) is 19.8 Å². The highest BCUT2D eigenvalue weighted by atomic mass is 16.6. The van der Waals surface area contributed by atoms with Crippen molar-refractivity contribution in [3.63, 3.8) is 0 Å². The van der Waals surface area contributed by atoms with Gasteiger partial charge in [-0.15, -0.1) is 0 Å². The molecule has 2 saturated heterocycles. The Morgan fingerprint density at radius 2 is 1.86 bits per heavy atom. The first-order chi connectivity index (χ1) is 9.59. The lowest BCUT2D eigenvalue weighted by atomic mass is 9.62. The van der Waals surface area contributed by atoms with Gasteiger partial charge in [-0.2, -0.15) is 0 Å².